The summed E-state index contributed by atoms with van der Waals surface area (Å²) in [6, 6.07) is 0.742. The maximum atomic E-state index is 3.79. The lowest BCUT2D eigenvalue weighted by atomic mass is 9.84. The molecular weight excluding hydrogens is 194 g/mol. The molecule has 0 amide bonds. The summed E-state index contributed by atoms with van der Waals surface area (Å²) in [5, 5.41) is 3.79. The van der Waals surface area contributed by atoms with Gasteiger partial charge in [0.05, 0.1) is 0 Å². The Balaban J connectivity index is 1.66. The predicted molar refractivity (Wildman–Crippen MR) is 70.5 cm³/mol. The highest BCUT2D eigenvalue weighted by Crippen LogP contribution is 2.26. The van der Waals surface area contributed by atoms with E-state index in [1.54, 1.807) is 0 Å². The average Bonchev–Trinajstić information content (AvgIpc) is 2.38. The molecule has 2 aliphatic rings. The van der Waals surface area contributed by atoms with Crippen LogP contribution in [0.25, 0.3) is 0 Å². The number of allylic oxidation sites excluding steroid dienone is 2. The van der Waals surface area contributed by atoms with E-state index >= 15 is 0 Å². The highest BCUT2D eigenvalue weighted by atomic mass is 14.9. The zero-order chi connectivity index (χ0) is 11.2. The predicted octanol–water partition coefficient (Wildman–Crippen LogP) is 3.90. The minimum atomic E-state index is 0.742. The normalized spacial score (nSPS) is 29.2. The second-order valence-corrected chi connectivity index (χ2v) is 5.75. The lowest BCUT2D eigenvalue weighted by Crippen LogP contribution is -2.37. The Morgan fingerprint density at radius 2 is 1.94 bits per heavy atom. The van der Waals surface area contributed by atoms with Crippen molar-refractivity contribution in [2.75, 3.05) is 6.54 Å². The van der Waals surface area contributed by atoms with Crippen LogP contribution in [0.4, 0.5) is 0 Å². The quantitative estimate of drug-likeness (QED) is 0.710. The van der Waals surface area contributed by atoms with Crippen LogP contribution in [0.5, 0.6) is 0 Å². The molecule has 0 heterocycles. The van der Waals surface area contributed by atoms with E-state index in [-0.39, 0.29) is 0 Å². The van der Waals surface area contributed by atoms with Crippen LogP contribution in [0.2, 0.25) is 0 Å². The van der Waals surface area contributed by atoms with Crippen LogP contribution in [0.3, 0.4) is 0 Å². The van der Waals surface area contributed by atoms with Gasteiger partial charge in [-0.2, -0.15) is 0 Å². The van der Waals surface area contributed by atoms with Crippen molar-refractivity contribution in [1.82, 2.24) is 5.32 Å². The monoisotopic (exact) mass is 221 g/mol. The Kier molecular flexibility index (Phi) is 4.90. The minimum absolute atomic E-state index is 0.742. The van der Waals surface area contributed by atoms with Gasteiger partial charge in [-0.1, -0.05) is 31.4 Å². The van der Waals surface area contributed by atoms with E-state index in [0.29, 0.717) is 0 Å². The third-order valence-corrected chi connectivity index (χ3v) is 4.46. The molecule has 1 heteroatoms. The summed E-state index contributed by atoms with van der Waals surface area (Å²) in [6.45, 7) is 3.64. The van der Waals surface area contributed by atoms with Crippen molar-refractivity contribution in [1.29, 1.82) is 0 Å². The van der Waals surface area contributed by atoms with Crippen molar-refractivity contribution in [2.45, 2.75) is 64.3 Å². The van der Waals surface area contributed by atoms with Crippen LogP contribution in [0.15, 0.2) is 12.2 Å². The van der Waals surface area contributed by atoms with E-state index in [1.807, 2.05) is 0 Å². The number of rotatable bonds is 4. The number of hydrogen-bond acceptors (Lipinski definition) is 1. The second-order valence-electron chi connectivity index (χ2n) is 5.75. The summed E-state index contributed by atoms with van der Waals surface area (Å²) in [4.78, 5) is 0. The average molecular weight is 221 g/mol. The van der Waals surface area contributed by atoms with Crippen LogP contribution >= 0.6 is 0 Å². The number of hydrogen-bond donors (Lipinski definition) is 1. The van der Waals surface area contributed by atoms with Gasteiger partial charge in [-0.3, -0.25) is 0 Å². The van der Waals surface area contributed by atoms with Gasteiger partial charge in [-0.25, -0.2) is 0 Å². The van der Waals surface area contributed by atoms with Gasteiger partial charge < -0.3 is 5.32 Å². The van der Waals surface area contributed by atoms with E-state index in [4.69, 9.17) is 0 Å². The minimum Gasteiger partial charge on any atom is -0.314 e. The molecule has 2 rings (SSSR count). The topological polar surface area (TPSA) is 12.0 Å². The smallest absolute Gasteiger partial charge is 0.00671 e. The summed E-state index contributed by atoms with van der Waals surface area (Å²) in [5.41, 5.74) is 0. The number of nitrogens with one attached hydrogen (secondary N) is 1. The molecule has 1 unspecified atom stereocenters. The Bertz CT molecular complexity index is 215. The summed E-state index contributed by atoms with van der Waals surface area (Å²) in [5.74, 6) is 1.85. The van der Waals surface area contributed by atoms with Crippen molar-refractivity contribution in [2.24, 2.45) is 11.8 Å². The molecular formula is C15H27N. The molecule has 2 atom stereocenters. The molecule has 1 saturated carbocycles. The van der Waals surface area contributed by atoms with Crippen LogP contribution in [-0.4, -0.2) is 12.6 Å². The fraction of sp³-hybridized carbons (Fsp3) is 0.867. The van der Waals surface area contributed by atoms with Crippen molar-refractivity contribution in [3.63, 3.8) is 0 Å². The molecule has 92 valence electrons. The Hall–Kier alpha value is -0.300. The van der Waals surface area contributed by atoms with E-state index in [9.17, 15) is 0 Å². The second kappa shape index (κ2) is 6.44. The first-order valence-electron chi connectivity index (χ1n) is 7.24. The van der Waals surface area contributed by atoms with Crippen molar-refractivity contribution in [3.8, 4) is 0 Å². The van der Waals surface area contributed by atoms with Gasteiger partial charge in [0, 0.05) is 6.04 Å². The lowest BCUT2D eigenvalue weighted by Gasteiger charge is -2.30. The summed E-state index contributed by atoms with van der Waals surface area (Å²) < 4.78 is 0. The molecule has 16 heavy (non-hydrogen) atoms. The third-order valence-electron chi connectivity index (χ3n) is 4.46. The molecule has 1 fully saturated rings. The zero-order valence-electron chi connectivity index (χ0n) is 10.8. The van der Waals surface area contributed by atoms with Crippen LogP contribution in [0.1, 0.15) is 58.3 Å². The standard InChI is InChI=1S/C15H27N/c1-13(15-10-6-3-7-11-15)16-12-14-8-4-2-5-9-14/h2,4,13-16H,3,5-12H2,1H3/t13-,14?/m0/s1. The maximum absolute atomic E-state index is 3.79. The Labute approximate surface area is 101 Å². The molecule has 2 aliphatic carbocycles. The SMILES string of the molecule is C[C@H](NCC1CC=CCC1)C1CCCCC1. The van der Waals surface area contributed by atoms with Gasteiger partial charge in [0.25, 0.3) is 0 Å². The van der Waals surface area contributed by atoms with E-state index in [1.165, 1.54) is 57.9 Å². The molecule has 1 nitrogen and oxygen atoms in total. The van der Waals surface area contributed by atoms with Gasteiger partial charge in [-0.15, -0.1) is 0 Å². The van der Waals surface area contributed by atoms with Crippen LogP contribution < -0.4 is 5.32 Å². The van der Waals surface area contributed by atoms with Gasteiger partial charge in [0.1, 0.15) is 0 Å². The molecule has 0 aliphatic heterocycles. The van der Waals surface area contributed by atoms with Crippen LogP contribution in [0, 0.1) is 11.8 Å². The first-order valence-corrected chi connectivity index (χ1v) is 7.24. The summed E-state index contributed by atoms with van der Waals surface area (Å²) >= 11 is 0. The molecule has 0 aromatic heterocycles. The fourth-order valence-corrected chi connectivity index (χ4v) is 3.20. The van der Waals surface area contributed by atoms with Crippen LogP contribution in [-0.2, 0) is 0 Å². The zero-order valence-corrected chi connectivity index (χ0v) is 10.8. The van der Waals surface area contributed by atoms with Crippen molar-refractivity contribution < 1.29 is 0 Å². The maximum Gasteiger partial charge on any atom is 0.00671 e. The largest absolute Gasteiger partial charge is 0.314 e. The molecule has 0 aromatic carbocycles. The first kappa shape index (κ1) is 12.2. The molecule has 0 radical (unpaired) electrons. The third kappa shape index (κ3) is 3.62. The molecule has 0 aromatic rings. The van der Waals surface area contributed by atoms with E-state index in [2.05, 4.69) is 24.4 Å². The molecule has 1 N–H and O–H groups in total. The Morgan fingerprint density at radius 1 is 1.12 bits per heavy atom. The van der Waals surface area contributed by atoms with Gasteiger partial charge in [-0.05, 0) is 57.4 Å². The first-order chi connectivity index (χ1) is 7.86. The van der Waals surface area contributed by atoms with Crippen molar-refractivity contribution in [3.05, 3.63) is 12.2 Å². The Morgan fingerprint density at radius 3 is 2.62 bits per heavy atom. The molecule has 0 saturated heterocycles. The fourth-order valence-electron chi connectivity index (χ4n) is 3.20. The lowest BCUT2D eigenvalue weighted by molar-refractivity contribution is 0.269. The summed E-state index contributed by atoms with van der Waals surface area (Å²) in [7, 11) is 0. The molecule has 0 spiro atoms. The van der Waals surface area contributed by atoms with E-state index < -0.39 is 0 Å². The highest BCUT2D eigenvalue weighted by molar-refractivity contribution is 4.91. The highest BCUT2D eigenvalue weighted by Gasteiger charge is 2.20. The van der Waals surface area contributed by atoms with Crippen molar-refractivity contribution >= 4 is 0 Å². The molecule has 0 bridgehead atoms. The van der Waals surface area contributed by atoms with Gasteiger partial charge in [0.15, 0.2) is 0 Å². The van der Waals surface area contributed by atoms with E-state index in [0.717, 1.165) is 17.9 Å². The summed E-state index contributed by atoms with van der Waals surface area (Å²) in [6.07, 6.45) is 16.0. The van der Waals surface area contributed by atoms with Gasteiger partial charge in [0.2, 0.25) is 0 Å². The van der Waals surface area contributed by atoms with Gasteiger partial charge >= 0.3 is 0 Å².